The van der Waals surface area contributed by atoms with E-state index in [1.54, 1.807) is 47.4 Å². The van der Waals surface area contributed by atoms with E-state index in [0.29, 0.717) is 60.4 Å². The maximum Gasteiger partial charge on any atom is 0.263 e. The zero-order valence-corrected chi connectivity index (χ0v) is 23.2. The highest BCUT2D eigenvalue weighted by Gasteiger charge is 2.24. The molecule has 1 fully saturated rings. The van der Waals surface area contributed by atoms with Gasteiger partial charge < -0.3 is 20.1 Å². The Kier molecular flexibility index (Phi) is 8.31. The molecule has 2 heterocycles. The minimum atomic E-state index is -4.14. The van der Waals surface area contributed by atoms with Gasteiger partial charge in [-0.15, -0.1) is 0 Å². The number of carbonyl (C=O) groups is 1. The fraction of sp³-hybridized carbons (Fsp3) is 0.276. The summed E-state index contributed by atoms with van der Waals surface area (Å²) in [5.74, 6) is 0.421. The molecule has 4 aromatic rings. The van der Waals surface area contributed by atoms with Gasteiger partial charge in [-0.1, -0.05) is 18.2 Å². The summed E-state index contributed by atoms with van der Waals surface area (Å²) in [5, 5.41) is 12.7. The van der Waals surface area contributed by atoms with Crippen LogP contribution in [0.4, 0.5) is 21.7 Å². The third-order valence-corrected chi connectivity index (χ3v) is 8.23. The number of sulfonamides is 1. The average molecular weight is 580 g/mol. The van der Waals surface area contributed by atoms with Crippen LogP contribution in [0.5, 0.6) is 5.75 Å². The molecule has 3 N–H and O–H groups in total. The number of anilines is 3. The van der Waals surface area contributed by atoms with E-state index in [2.05, 4.69) is 20.0 Å². The maximum absolute atomic E-state index is 13.5. The number of nitrogens with zero attached hydrogens (tertiary/aromatic N) is 3. The van der Waals surface area contributed by atoms with Gasteiger partial charge in [0.2, 0.25) is 0 Å². The lowest BCUT2D eigenvalue weighted by Crippen LogP contribution is -2.39. The molecule has 12 heteroatoms. The van der Waals surface area contributed by atoms with Gasteiger partial charge >= 0.3 is 0 Å². The lowest BCUT2D eigenvalue weighted by molar-refractivity contribution is 0.0667. The molecule has 1 amide bonds. The Morgan fingerprint density at radius 1 is 1.02 bits per heavy atom. The number of nitrogens with one attached hydrogen (secondary N) is 2. The second-order valence-corrected chi connectivity index (χ2v) is 11.3. The number of likely N-dealkylation sites (tertiary alicyclic amines) is 1. The number of carbonyl (C=O) groups excluding carboxylic acids is 1. The number of methoxy groups -OCH3 is 1. The SMILES string of the molecule is COc1ccc(CCO)c(Nc2nc3ccccc3nc2NS(=O)(=O)c2ccc(C(=O)N3CCC(F)CC3)cc2)c1. The Hall–Kier alpha value is -4.29. The van der Waals surface area contributed by atoms with Gasteiger partial charge in [-0.25, -0.2) is 22.8 Å². The standard InChI is InChI=1S/C29H30FN5O5S/c1-40-22-9-6-19(14-17-36)26(18-22)33-27-28(32-25-5-3-2-4-24(25)31-27)34-41(38,39)23-10-7-20(8-11-23)29(37)35-15-12-21(30)13-16-35/h2-11,18,21,36H,12-17H2,1H3,(H,31,33)(H,32,34). The van der Waals surface area contributed by atoms with E-state index >= 15 is 0 Å². The molecule has 41 heavy (non-hydrogen) atoms. The van der Waals surface area contributed by atoms with Crippen molar-refractivity contribution in [2.45, 2.75) is 30.3 Å². The van der Waals surface area contributed by atoms with Crippen LogP contribution in [-0.2, 0) is 16.4 Å². The highest BCUT2D eigenvalue weighted by molar-refractivity contribution is 7.92. The molecule has 1 aliphatic rings. The minimum absolute atomic E-state index is 0.0317. The van der Waals surface area contributed by atoms with Crippen LogP contribution < -0.4 is 14.8 Å². The molecular formula is C29H30FN5O5S. The summed E-state index contributed by atoms with van der Waals surface area (Å²) < 4.78 is 48.2. The Morgan fingerprint density at radius 3 is 2.32 bits per heavy atom. The van der Waals surface area contributed by atoms with Gasteiger partial charge in [-0.2, -0.15) is 0 Å². The first kappa shape index (κ1) is 28.2. The molecule has 214 valence electrons. The van der Waals surface area contributed by atoms with Crippen LogP contribution in [0.25, 0.3) is 11.0 Å². The third-order valence-electron chi connectivity index (χ3n) is 6.88. The first-order valence-corrected chi connectivity index (χ1v) is 14.6. The Morgan fingerprint density at radius 2 is 1.68 bits per heavy atom. The molecule has 1 aliphatic heterocycles. The third kappa shape index (κ3) is 6.39. The van der Waals surface area contributed by atoms with Crippen LogP contribution in [0.3, 0.4) is 0 Å². The number of hydrogen-bond donors (Lipinski definition) is 3. The van der Waals surface area contributed by atoms with Crippen molar-refractivity contribution in [3.8, 4) is 5.75 Å². The van der Waals surface area contributed by atoms with Crippen LogP contribution >= 0.6 is 0 Å². The number of amides is 1. The predicted molar refractivity (Wildman–Crippen MR) is 154 cm³/mol. The zero-order chi connectivity index (χ0) is 29.0. The van der Waals surface area contributed by atoms with Crippen LogP contribution in [0.15, 0.2) is 71.6 Å². The van der Waals surface area contributed by atoms with Gasteiger partial charge in [-0.05, 0) is 67.3 Å². The van der Waals surface area contributed by atoms with Crippen LogP contribution in [0.1, 0.15) is 28.8 Å². The molecule has 1 aromatic heterocycles. The fourth-order valence-corrected chi connectivity index (χ4v) is 5.63. The minimum Gasteiger partial charge on any atom is -0.497 e. The number of rotatable bonds is 9. The van der Waals surface area contributed by atoms with Crippen molar-refractivity contribution in [3.63, 3.8) is 0 Å². The van der Waals surface area contributed by atoms with Gasteiger partial charge in [0.05, 0.1) is 23.0 Å². The molecule has 0 atom stereocenters. The number of aliphatic hydroxyl groups is 1. The van der Waals surface area contributed by atoms with E-state index in [1.165, 1.54) is 31.4 Å². The number of halogens is 1. The van der Waals surface area contributed by atoms with E-state index in [9.17, 15) is 22.7 Å². The lowest BCUT2D eigenvalue weighted by atomic mass is 10.1. The molecule has 5 rings (SSSR count). The number of benzene rings is 3. The smallest absolute Gasteiger partial charge is 0.263 e. The largest absolute Gasteiger partial charge is 0.497 e. The first-order chi connectivity index (χ1) is 19.8. The number of ether oxygens (including phenoxy) is 1. The highest BCUT2D eigenvalue weighted by atomic mass is 32.2. The average Bonchev–Trinajstić information content (AvgIpc) is 2.98. The number of piperidine rings is 1. The maximum atomic E-state index is 13.5. The number of aromatic nitrogens is 2. The highest BCUT2D eigenvalue weighted by Crippen LogP contribution is 2.31. The number of para-hydroxylation sites is 2. The Bertz CT molecular complexity index is 1660. The van der Waals surface area contributed by atoms with Crippen molar-refractivity contribution in [3.05, 3.63) is 77.9 Å². The predicted octanol–water partition coefficient (Wildman–Crippen LogP) is 4.29. The van der Waals surface area contributed by atoms with Crippen molar-refractivity contribution in [2.24, 2.45) is 0 Å². The van der Waals surface area contributed by atoms with E-state index < -0.39 is 16.2 Å². The van der Waals surface area contributed by atoms with E-state index in [1.807, 2.05) is 0 Å². The molecule has 0 spiro atoms. The molecule has 0 unspecified atom stereocenters. The molecule has 0 saturated carbocycles. The van der Waals surface area contributed by atoms with Crippen molar-refractivity contribution >= 4 is 44.3 Å². The van der Waals surface area contributed by atoms with Crippen LogP contribution in [-0.4, -0.2) is 67.3 Å². The summed E-state index contributed by atoms with van der Waals surface area (Å²) in [6.07, 6.45) is 0.0384. The molecule has 1 saturated heterocycles. The van der Waals surface area contributed by atoms with Crippen molar-refractivity contribution in [1.82, 2.24) is 14.9 Å². The zero-order valence-electron chi connectivity index (χ0n) is 22.4. The number of hydrogen-bond acceptors (Lipinski definition) is 8. The fourth-order valence-electron chi connectivity index (χ4n) is 4.62. The summed E-state index contributed by atoms with van der Waals surface area (Å²) in [5.41, 5.74) is 2.69. The second kappa shape index (κ2) is 12.1. The van der Waals surface area contributed by atoms with Gasteiger partial charge in [0.1, 0.15) is 11.9 Å². The molecule has 0 radical (unpaired) electrons. The van der Waals surface area contributed by atoms with Gasteiger partial charge in [0, 0.05) is 37.0 Å². The van der Waals surface area contributed by atoms with Gasteiger partial charge in [0.15, 0.2) is 11.6 Å². The Labute approximate surface area is 237 Å². The van der Waals surface area contributed by atoms with Crippen molar-refractivity contribution in [2.75, 3.05) is 36.8 Å². The first-order valence-electron chi connectivity index (χ1n) is 13.1. The number of alkyl halides is 1. The molecule has 3 aromatic carbocycles. The van der Waals surface area contributed by atoms with E-state index in [4.69, 9.17) is 4.74 Å². The summed E-state index contributed by atoms with van der Waals surface area (Å²) >= 11 is 0. The Balaban J connectivity index is 1.45. The molecular weight excluding hydrogens is 549 g/mol. The number of fused-ring (bicyclic) bond motifs is 1. The van der Waals surface area contributed by atoms with E-state index in [0.717, 1.165) is 5.56 Å². The van der Waals surface area contributed by atoms with Crippen molar-refractivity contribution in [1.29, 1.82) is 0 Å². The monoisotopic (exact) mass is 579 g/mol. The van der Waals surface area contributed by atoms with Crippen molar-refractivity contribution < 1.29 is 27.4 Å². The normalized spacial score (nSPS) is 14.2. The summed E-state index contributed by atoms with van der Waals surface area (Å²) in [6, 6.07) is 17.9. The quantitative estimate of drug-likeness (QED) is 0.267. The lowest BCUT2D eigenvalue weighted by Gasteiger charge is -2.28. The van der Waals surface area contributed by atoms with Crippen LogP contribution in [0, 0.1) is 0 Å². The second-order valence-electron chi connectivity index (χ2n) is 9.63. The number of aliphatic hydroxyl groups excluding tert-OH is 1. The van der Waals surface area contributed by atoms with Crippen LogP contribution in [0.2, 0.25) is 0 Å². The summed E-state index contributed by atoms with van der Waals surface area (Å²) in [7, 11) is -2.60. The summed E-state index contributed by atoms with van der Waals surface area (Å²) in [4.78, 5) is 23.5. The molecule has 0 aliphatic carbocycles. The van der Waals surface area contributed by atoms with Gasteiger partial charge in [0.25, 0.3) is 15.9 Å². The molecule has 0 bridgehead atoms. The topological polar surface area (TPSA) is 134 Å². The molecule has 10 nitrogen and oxygen atoms in total. The summed E-state index contributed by atoms with van der Waals surface area (Å²) in [6.45, 7) is 0.563. The van der Waals surface area contributed by atoms with E-state index in [-0.39, 0.29) is 29.0 Å². The van der Waals surface area contributed by atoms with Gasteiger partial charge in [-0.3, -0.25) is 9.52 Å².